The smallest absolute Gasteiger partial charge is 0.270 e. The van der Waals surface area contributed by atoms with Gasteiger partial charge in [-0.1, -0.05) is 0 Å². The molecule has 2 N–H and O–H groups in total. The molecule has 0 radical (unpaired) electrons. The second-order valence-electron chi connectivity index (χ2n) is 6.27. The van der Waals surface area contributed by atoms with Crippen molar-refractivity contribution in [2.24, 2.45) is 0 Å². The predicted molar refractivity (Wildman–Crippen MR) is 98.9 cm³/mol. The molecule has 0 unspecified atom stereocenters. The van der Waals surface area contributed by atoms with Crippen molar-refractivity contribution in [3.8, 4) is 0 Å². The van der Waals surface area contributed by atoms with Crippen LogP contribution in [0.3, 0.4) is 0 Å². The van der Waals surface area contributed by atoms with Crippen LogP contribution in [-0.2, 0) is 4.79 Å². The number of carbonyl (C=O) groups is 2. The van der Waals surface area contributed by atoms with E-state index in [1.165, 1.54) is 30.3 Å². The van der Waals surface area contributed by atoms with Gasteiger partial charge in [0, 0.05) is 44.0 Å². The van der Waals surface area contributed by atoms with Crippen molar-refractivity contribution >= 4 is 17.4 Å². The van der Waals surface area contributed by atoms with Crippen LogP contribution >= 0.6 is 0 Å². The quantitative estimate of drug-likeness (QED) is 0.441. The summed E-state index contributed by atoms with van der Waals surface area (Å²) >= 11 is 0. The normalized spacial score (nSPS) is 15.7. The molecular weight excluding hydrogens is 335 g/mol. The Morgan fingerprint density at radius 3 is 2.35 bits per heavy atom. The zero-order chi connectivity index (χ0) is 19.1. The fourth-order valence-corrected chi connectivity index (χ4v) is 2.80. The molecule has 0 saturated carbocycles. The van der Waals surface area contributed by atoms with E-state index in [4.69, 9.17) is 5.41 Å². The van der Waals surface area contributed by atoms with Crippen molar-refractivity contribution in [1.29, 1.82) is 5.41 Å². The van der Waals surface area contributed by atoms with Crippen LogP contribution in [0, 0.1) is 11.2 Å². The number of benzene rings is 1. The molecule has 2 rings (SSSR count). The summed E-state index contributed by atoms with van der Waals surface area (Å²) in [7, 11) is 0. The maximum Gasteiger partial charge on any atom is 0.270 e. The molecule has 0 aromatic heterocycles. The zero-order valence-electron chi connectivity index (χ0n) is 15.2. The van der Waals surface area contributed by atoms with Gasteiger partial charge < -0.3 is 15.6 Å². The first-order valence-electron chi connectivity index (χ1n) is 8.71. The highest BCUT2D eigenvalue weighted by Gasteiger charge is 2.24. The number of rotatable bonds is 7. The van der Waals surface area contributed by atoms with Crippen LogP contribution in [0.15, 0.2) is 36.0 Å². The summed E-state index contributed by atoms with van der Waals surface area (Å²) in [6.45, 7) is 6.64. The Labute approximate surface area is 153 Å². The van der Waals surface area contributed by atoms with Gasteiger partial charge in [-0.05, 0) is 44.2 Å². The van der Waals surface area contributed by atoms with Gasteiger partial charge in [0.2, 0.25) is 0 Å². The van der Waals surface area contributed by atoms with Gasteiger partial charge in [0.15, 0.2) is 5.78 Å². The first-order valence-corrected chi connectivity index (χ1v) is 8.71. The summed E-state index contributed by atoms with van der Waals surface area (Å²) in [5, 5.41) is 10.6. The number of piperazine rings is 1. The number of amides is 1. The maximum atomic E-state index is 12.9. The molecule has 1 aromatic rings. The Balaban J connectivity index is 1.89. The summed E-state index contributed by atoms with van der Waals surface area (Å²) in [5.41, 5.74) is 1.23. The fourth-order valence-electron chi connectivity index (χ4n) is 2.80. The topological polar surface area (TPSA) is 76.5 Å². The Hall–Kier alpha value is -2.54. The molecule has 1 heterocycles. The van der Waals surface area contributed by atoms with Gasteiger partial charge >= 0.3 is 0 Å². The van der Waals surface area contributed by atoms with Crippen LogP contribution in [0.1, 0.15) is 24.2 Å². The minimum atomic E-state index is -0.363. The number of hydrogen-bond donors (Lipinski definition) is 2. The van der Waals surface area contributed by atoms with E-state index in [2.05, 4.69) is 5.32 Å². The largest absolute Gasteiger partial charge is 0.381 e. The van der Waals surface area contributed by atoms with Crippen molar-refractivity contribution in [3.05, 3.63) is 47.4 Å². The Bertz CT molecular complexity index is 692. The van der Waals surface area contributed by atoms with E-state index in [9.17, 15) is 14.0 Å². The van der Waals surface area contributed by atoms with Gasteiger partial charge in [0.1, 0.15) is 11.5 Å². The molecule has 1 aliphatic heterocycles. The van der Waals surface area contributed by atoms with Gasteiger partial charge in [-0.3, -0.25) is 14.5 Å². The van der Waals surface area contributed by atoms with Crippen molar-refractivity contribution in [1.82, 2.24) is 15.1 Å². The Kier molecular flexibility index (Phi) is 7.03. The second-order valence-corrected chi connectivity index (χ2v) is 6.27. The number of ketones is 1. The standard InChI is InChI=1S/C19H25FN4O2/c1-3-22-17(12-14(2)21)19(26)24-10-8-23(9-11-24)13-18(25)15-4-6-16(20)7-5-15/h4-7,12,21-22H,3,8-11,13H2,1-2H3/b17-12-,21-14?. The van der Waals surface area contributed by atoms with Crippen LogP contribution in [0.25, 0.3) is 0 Å². The molecule has 140 valence electrons. The number of halogens is 1. The number of carbonyl (C=O) groups excluding carboxylic acids is 2. The third-order valence-electron chi connectivity index (χ3n) is 4.15. The first-order chi connectivity index (χ1) is 12.4. The van der Waals surface area contributed by atoms with Gasteiger partial charge in [0.25, 0.3) is 5.91 Å². The maximum absolute atomic E-state index is 12.9. The van der Waals surface area contributed by atoms with E-state index in [1.807, 2.05) is 11.8 Å². The van der Waals surface area contributed by atoms with Gasteiger partial charge in [0.05, 0.1) is 6.54 Å². The lowest BCUT2D eigenvalue weighted by Gasteiger charge is -2.34. The lowest BCUT2D eigenvalue weighted by atomic mass is 10.1. The van der Waals surface area contributed by atoms with Crippen LogP contribution in [0.5, 0.6) is 0 Å². The third kappa shape index (κ3) is 5.49. The molecule has 26 heavy (non-hydrogen) atoms. The summed E-state index contributed by atoms with van der Waals surface area (Å²) in [6.07, 6.45) is 1.54. The molecule has 6 nitrogen and oxygen atoms in total. The van der Waals surface area contributed by atoms with Crippen LogP contribution in [0.4, 0.5) is 4.39 Å². The SMILES string of the molecule is CCN/C(=C\C(C)=N)C(=O)N1CCN(CC(=O)c2ccc(F)cc2)CC1. The number of likely N-dealkylation sites (N-methyl/N-ethyl adjacent to an activating group) is 1. The van der Waals surface area contributed by atoms with E-state index >= 15 is 0 Å². The molecule has 0 bridgehead atoms. The van der Waals surface area contributed by atoms with Crippen LogP contribution < -0.4 is 5.32 Å². The van der Waals surface area contributed by atoms with Crippen molar-refractivity contribution in [3.63, 3.8) is 0 Å². The molecule has 1 amide bonds. The average molecular weight is 360 g/mol. The summed E-state index contributed by atoms with van der Waals surface area (Å²) < 4.78 is 12.9. The number of nitrogens with one attached hydrogen (secondary N) is 2. The molecule has 0 spiro atoms. The monoisotopic (exact) mass is 360 g/mol. The number of Topliss-reactive ketones (excluding diaryl/α,β-unsaturated/α-hetero) is 1. The van der Waals surface area contributed by atoms with E-state index in [0.29, 0.717) is 49.7 Å². The molecule has 0 atom stereocenters. The highest BCUT2D eigenvalue weighted by molar-refractivity contribution is 6.01. The number of allylic oxidation sites excluding steroid dienone is 1. The van der Waals surface area contributed by atoms with E-state index < -0.39 is 0 Å². The molecule has 7 heteroatoms. The van der Waals surface area contributed by atoms with E-state index in [0.717, 1.165) is 0 Å². The molecular formula is C19H25FN4O2. The van der Waals surface area contributed by atoms with Crippen molar-refractivity contribution in [2.75, 3.05) is 39.3 Å². The molecule has 0 aliphatic carbocycles. The minimum Gasteiger partial charge on any atom is -0.381 e. The van der Waals surface area contributed by atoms with Gasteiger partial charge in [-0.15, -0.1) is 0 Å². The molecule has 1 saturated heterocycles. The third-order valence-corrected chi connectivity index (χ3v) is 4.15. The zero-order valence-corrected chi connectivity index (χ0v) is 15.2. The Morgan fingerprint density at radius 2 is 1.81 bits per heavy atom. The first kappa shape index (κ1) is 19.8. The lowest BCUT2D eigenvalue weighted by Crippen LogP contribution is -2.51. The van der Waals surface area contributed by atoms with E-state index in [1.54, 1.807) is 11.8 Å². The second kappa shape index (κ2) is 9.24. The predicted octanol–water partition coefficient (Wildman–Crippen LogP) is 1.69. The van der Waals surface area contributed by atoms with Crippen molar-refractivity contribution < 1.29 is 14.0 Å². The highest BCUT2D eigenvalue weighted by Crippen LogP contribution is 2.09. The van der Waals surface area contributed by atoms with Crippen molar-refractivity contribution in [2.45, 2.75) is 13.8 Å². The Morgan fingerprint density at radius 1 is 1.19 bits per heavy atom. The average Bonchev–Trinajstić information content (AvgIpc) is 2.61. The number of nitrogens with zero attached hydrogens (tertiary/aromatic N) is 2. The molecule has 1 fully saturated rings. The lowest BCUT2D eigenvalue weighted by molar-refractivity contribution is -0.129. The van der Waals surface area contributed by atoms with Crippen LogP contribution in [0.2, 0.25) is 0 Å². The van der Waals surface area contributed by atoms with E-state index in [-0.39, 0.29) is 24.1 Å². The summed E-state index contributed by atoms with van der Waals surface area (Å²) in [5.74, 6) is -0.543. The van der Waals surface area contributed by atoms with Crippen LogP contribution in [-0.4, -0.2) is 66.5 Å². The van der Waals surface area contributed by atoms with Gasteiger partial charge in [-0.2, -0.15) is 0 Å². The summed E-state index contributed by atoms with van der Waals surface area (Å²) in [4.78, 5) is 28.6. The van der Waals surface area contributed by atoms with Gasteiger partial charge in [-0.25, -0.2) is 4.39 Å². The summed E-state index contributed by atoms with van der Waals surface area (Å²) in [6, 6.07) is 5.54. The number of hydrogen-bond acceptors (Lipinski definition) is 5. The molecule has 1 aliphatic rings. The molecule has 1 aromatic carbocycles. The fraction of sp³-hybridized carbons (Fsp3) is 0.421. The minimum absolute atomic E-state index is 0.0579. The highest BCUT2D eigenvalue weighted by atomic mass is 19.1.